The van der Waals surface area contributed by atoms with E-state index in [4.69, 9.17) is 9.47 Å². The van der Waals surface area contributed by atoms with E-state index in [0.717, 1.165) is 43.2 Å². The van der Waals surface area contributed by atoms with Crippen molar-refractivity contribution < 1.29 is 14.3 Å². The number of hydrogen-bond acceptors (Lipinski definition) is 5. The van der Waals surface area contributed by atoms with Crippen LogP contribution in [0.5, 0.6) is 5.75 Å². The van der Waals surface area contributed by atoms with Crippen molar-refractivity contribution in [2.24, 2.45) is 0 Å². The van der Waals surface area contributed by atoms with Crippen molar-refractivity contribution in [2.75, 3.05) is 55.7 Å². The molecule has 2 saturated heterocycles. The van der Waals surface area contributed by atoms with Crippen LogP contribution in [0.4, 0.5) is 16.2 Å². The van der Waals surface area contributed by atoms with Crippen LogP contribution in [0.3, 0.4) is 0 Å². The highest BCUT2D eigenvalue weighted by Crippen LogP contribution is 2.35. The number of anilines is 2. The fourth-order valence-electron chi connectivity index (χ4n) is 4.30. The fourth-order valence-corrected chi connectivity index (χ4v) is 4.30. The minimum atomic E-state index is -0.218. The molecular formula is C25H33N3O3. The molecule has 0 radical (unpaired) electrons. The number of piperidine rings is 1. The van der Waals surface area contributed by atoms with Crippen molar-refractivity contribution in [3.8, 4) is 5.75 Å². The first-order valence-electron chi connectivity index (χ1n) is 11.5. The van der Waals surface area contributed by atoms with Crippen LogP contribution >= 0.6 is 0 Å². The molecule has 2 aromatic rings. The third-order valence-electron chi connectivity index (χ3n) is 6.05. The van der Waals surface area contributed by atoms with Crippen molar-refractivity contribution in [2.45, 2.75) is 32.8 Å². The van der Waals surface area contributed by atoms with E-state index in [1.165, 1.54) is 24.9 Å². The van der Waals surface area contributed by atoms with E-state index in [1.54, 1.807) is 4.90 Å². The van der Waals surface area contributed by atoms with E-state index in [0.29, 0.717) is 26.3 Å². The Morgan fingerprint density at radius 3 is 2.32 bits per heavy atom. The van der Waals surface area contributed by atoms with Gasteiger partial charge in [0.25, 0.3) is 0 Å². The monoisotopic (exact) mass is 423 g/mol. The molecule has 2 aliphatic rings. The van der Waals surface area contributed by atoms with Gasteiger partial charge in [0, 0.05) is 45.0 Å². The number of carbonyl (C=O) groups excluding carboxylic acids is 1. The van der Waals surface area contributed by atoms with Gasteiger partial charge in [-0.25, -0.2) is 4.79 Å². The zero-order valence-electron chi connectivity index (χ0n) is 18.5. The van der Waals surface area contributed by atoms with E-state index in [2.05, 4.69) is 40.1 Å². The molecule has 0 saturated carbocycles. The van der Waals surface area contributed by atoms with Gasteiger partial charge < -0.3 is 24.2 Å². The smallest absolute Gasteiger partial charge is 0.409 e. The summed E-state index contributed by atoms with van der Waals surface area (Å²) in [6.45, 7) is 7.87. The molecule has 6 heteroatoms. The summed E-state index contributed by atoms with van der Waals surface area (Å²) in [6.07, 6.45) is 3.60. The standard InChI is InChI=1S/C25H33N3O3/c1-2-30-25(29)28-17-15-27(16-18-28)23-19-22(26-13-7-4-8-14-26)11-12-24(23)31-20-21-9-5-3-6-10-21/h3,5-6,9-12,19H,2,4,7-8,13-18,20H2,1H3. The van der Waals surface area contributed by atoms with Crippen LogP contribution in [0.25, 0.3) is 0 Å². The molecule has 0 aliphatic carbocycles. The molecule has 0 N–H and O–H groups in total. The van der Waals surface area contributed by atoms with Crippen LogP contribution in [0.15, 0.2) is 48.5 Å². The van der Waals surface area contributed by atoms with Crippen molar-refractivity contribution in [3.05, 3.63) is 54.1 Å². The number of carbonyl (C=O) groups is 1. The molecule has 4 rings (SSSR count). The van der Waals surface area contributed by atoms with Gasteiger partial charge in [0.2, 0.25) is 0 Å². The lowest BCUT2D eigenvalue weighted by atomic mass is 10.1. The van der Waals surface area contributed by atoms with Crippen LogP contribution in [0, 0.1) is 0 Å². The predicted octanol–water partition coefficient (Wildman–Crippen LogP) is 4.53. The van der Waals surface area contributed by atoms with E-state index in [9.17, 15) is 4.79 Å². The minimum absolute atomic E-state index is 0.218. The highest BCUT2D eigenvalue weighted by atomic mass is 16.6. The summed E-state index contributed by atoms with van der Waals surface area (Å²) in [5.41, 5.74) is 3.53. The Labute approximate surface area is 185 Å². The lowest BCUT2D eigenvalue weighted by molar-refractivity contribution is 0.105. The maximum atomic E-state index is 12.1. The maximum Gasteiger partial charge on any atom is 0.409 e. The summed E-state index contributed by atoms with van der Waals surface area (Å²) < 4.78 is 11.4. The van der Waals surface area contributed by atoms with Crippen molar-refractivity contribution in [3.63, 3.8) is 0 Å². The highest BCUT2D eigenvalue weighted by Gasteiger charge is 2.25. The summed E-state index contributed by atoms with van der Waals surface area (Å²) in [7, 11) is 0. The Hall–Kier alpha value is -2.89. The first-order valence-corrected chi connectivity index (χ1v) is 11.5. The normalized spacial score (nSPS) is 16.9. The fraction of sp³-hybridized carbons (Fsp3) is 0.480. The van der Waals surface area contributed by atoms with Gasteiger partial charge in [-0.05, 0) is 49.9 Å². The van der Waals surface area contributed by atoms with Gasteiger partial charge in [-0.1, -0.05) is 30.3 Å². The van der Waals surface area contributed by atoms with E-state index in [-0.39, 0.29) is 6.09 Å². The summed E-state index contributed by atoms with van der Waals surface area (Å²) in [4.78, 5) is 18.7. The molecule has 2 aliphatic heterocycles. The Kier molecular flexibility index (Phi) is 7.18. The average Bonchev–Trinajstić information content (AvgIpc) is 2.84. The maximum absolute atomic E-state index is 12.1. The number of amides is 1. The van der Waals surface area contributed by atoms with Gasteiger partial charge in [-0.15, -0.1) is 0 Å². The van der Waals surface area contributed by atoms with Crippen LogP contribution in [-0.4, -0.2) is 56.9 Å². The predicted molar refractivity (Wildman–Crippen MR) is 124 cm³/mol. The summed E-state index contributed by atoms with van der Waals surface area (Å²) in [5, 5.41) is 0. The van der Waals surface area contributed by atoms with E-state index >= 15 is 0 Å². The number of nitrogens with zero attached hydrogens (tertiary/aromatic N) is 3. The molecule has 2 aromatic carbocycles. The molecule has 0 spiro atoms. The van der Waals surface area contributed by atoms with E-state index in [1.807, 2.05) is 25.1 Å². The van der Waals surface area contributed by atoms with Gasteiger partial charge >= 0.3 is 6.09 Å². The van der Waals surface area contributed by atoms with Gasteiger partial charge in [0.15, 0.2) is 0 Å². The lowest BCUT2D eigenvalue weighted by Crippen LogP contribution is -2.49. The first kappa shape index (κ1) is 21.3. The second kappa shape index (κ2) is 10.4. The number of benzene rings is 2. The number of piperazine rings is 1. The van der Waals surface area contributed by atoms with Gasteiger partial charge in [-0.3, -0.25) is 0 Å². The third kappa shape index (κ3) is 5.43. The molecule has 166 valence electrons. The molecule has 2 heterocycles. The SMILES string of the molecule is CCOC(=O)N1CCN(c2cc(N3CCCCC3)ccc2OCc2ccccc2)CC1. The quantitative estimate of drug-likeness (QED) is 0.683. The Bertz CT molecular complexity index is 844. The second-order valence-corrected chi connectivity index (χ2v) is 8.15. The van der Waals surface area contributed by atoms with Crippen LogP contribution in [0.1, 0.15) is 31.7 Å². The molecule has 6 nitrogen and oxygen atoms in total. The molecule has 0 aromatic heterocycles. The van der Waals surface area contributed by atoms with Crippen LogP contribution in [-0.2, 0) is 11.3 Å². The van der Waals surface area contributed by atoms with Crippen LogP contribution < -0.4 is 14.5 Å². The third-order valence-corrected chi connectivity index (χ3v) is 6.05. The topological polar surface area (TPSA) is 45.2 Å². The molecule has 0 bridgehead atoms. The Morgan fingerprint density at radius 2 is 1.61 bits per heavy atom. The zero-order chi connectivity index (χ0) is 21.5. The number of hydrogen-bond donors (Lipinski definition) is 0. The van der Waals surface area contributed by atoms with Crippen molar-refractivity contribution >= 4 is 17.5 Å². The summed E-state index contributed by atoms with van der Waals surface area (Å²) >= 11 is 0. The molecular weight excluding hydrogens is 390 g/mol. The Balaban J connectivity index is 1.51. The Morgan fingerprint density at radius 1 is 0.871 bits per heavy atom. The molecule has 1 amide bonds. The van der Waals surface area contributed by atoms with Crippen molar-refractivity contribution in [1.29, 1.82) is 0 Å². The average molecular weight is 424 g/mol. The first-order chi connectivity index (χ1) is 15.2. The highest BCUT2D eigenvalue weighted by molar-refractivity contribution is 5.70. The van der Waals surface area contributed by atoms with Gasteiger partial charge in [-0.2, -0.15) is 0 Å². The minimum Gasteiger partial charge on any atom is -0.487 e. The second-order valence-electron chi connectivity index (χ2n) is 8.15. The molecule has 0 unspecified atom stereocenters. The molecule has 31 heavy (non-hydrogen) atoms. The summed E-state index contributed by atoms with van der Waals surface area (Å²) in [6, 6.07) is 16.8. The largest absolute Gasteiger partial charge is 0.487 e. The van der Waals surface area contributed by atoms with Gasteiger partial charge in [0.05, 0.1) is 12.3 Å². The molecule has 2 fully saturated rings. The summed E-state index contributed by atoms with van der Waals surface area (Å²) in [5.74, 6) is 0.897. The lowest BCUT2D eigenvalue weighted by Gasteiger charge is -2.37. The van der Waals surface area contributed by atoms with Gasteiger partial charge in [0.1, 0.15) is 12.4 Å². The van der Waals surface area contributed by atoms with Crippen molar-refractivity contribution in [1.82, 2.24) is 4.90 Å². The number of rotatable bonds is 6. The van der Waals surface area contributed by atoms with E-state index < -0.39 is 0 Å². The molecule has 0 atom stereocenters. The van der Waals surface area contributed by atoms with Crippen LogP contribution in [0.2, 0.25) is 0 Å². The zero-order valence-corrected chi connectivity index (χ0v) is 18.5. The number of ether oxygens (including phenoxy) is 2.